The number of aromatic nitrogens is 1. The zero-order valence-corrected chi connectivity index (χ0v) is 17.3. The summed E-state index contributed by atoms with van der Waals surface area (Å²) in [5, 5.41) is 0.739. The SMILES string of the molecule is Cc1nc(C(C)(C)C)oc1CCC(=O)N1CCN(c2cccc(Cl)c2)CC1. The van der Waals surface area contributed by atoms with E-state index in [9.17, 15) is 4.79 Å². The first-order valence-electron chi connectivity index (χ1n) is 9.49. The van der Waals surface area contributed by atoms with Crippen molar-refractivity contribution in [2.45, 2.75) is 46.0 Å². The second-order valence-corrected chi connectivity index (χ2v) is 8.56. The fourth-order valence-corrected chi connectivity index (χ4v) is 3.43. The standard InChI is InChI=1S/C21H28ClN3O2/c1-15-18(27-20(23-15)21(2,3)4)8-9-19(26)25-12-10-24(11-13-25)17-7-5-6-16(22)14-17/h5-7,14H,8-13H2,1-4H3. The van der Waals surface area contributed by atoms with Crippen molar-refractivity contribution in [1.29, 1.82) is 0 Å². The molecule has 1 aromatic heterocycles. The van der Waals surface area contributed by atoms with E-state index in [0.29, 0.717) is 12.8 Å². The van der Waals surface area contributed by atoms with Gasteiger partial charge in [0.2, 0.25) is 5.91 Å². The summed E-state index contributed by atoms with van der Waals surface area (Å²) in [6, 6.07) is 7.86. The molecule has 0 aliphatic carbocycles. The fraction of sp³-hybridized carbons (Fsp3) is 0.524. The van der Waals surface area contributed by atoms with Crippen molar-refractivity contribution in [2.75, 3.05) is 31.1 Å². The summed E-state index contributed by atoms with van der Waals surface area (Å²) in [6.45, 7) is 11.3. The molecule has 2 aromatic rings. The van der Waals surface area contributed by atoms with Crippen molar-refractivity contribution in [1.82, 2.24) is 9.88 Å². The second kappa shape index (κ2) is 7.93. The first kappa shape index (κ1) is 19.7. The maximum absolute atomic E-state index is 12.6. The number of oxazole rings is 1. The minimum atomic E-state index is -0.121. The molecule has 0 bridgehead atoms. The van der Waals surface area contributed by atoms with Gasteiger partial charge in [0, 0.05) is 55.1 Å². The van der Waals surface area contributed by atoms with Crippen LogP contribution < -0.4 is 4.90 Å². The Balaban J connectivity index is 1.52. The molecule has 1 aromatic carbocycles. The number of hydrogen-bond donors (Lipinski definition) is 0. The van der Waals surface area contributed by atoms with Gasteiger partial charge >= 0.3 is 0 Å². The van der Waals surface area contributed by atoms with E-state index in [-0.39, 0.29) is 11.3 Å². The Morgan fingerprint density at radius 1 is 1.22 bits per heavy atom. The Morgan fingerprint density at radius 3 is 2.52 bits per heavy atom. The smallest absolute Gasteiger partial charge is 0.223 e. The van der Waals surface area contributed by atoms with Crippen LogP contribution in [0.3, 0.4) is 0 Å². The maximum Gasteiger partial charge on any atom is 0.223 e. The van der Waals surface area contributed by atoms with E-state index >= 15 is 0 Å². The third-order valence-corrected chi connectivity index (χ3v) is 5.14. The fourth-order valence-electron chi connectivity index (χ4n) is 3.25. The lowest BCUT2D eigenvalue weighted by molar-refractivity contribution is -0.131. The average Bonchev–Trinajstić information content (AvgIpc) is 3.01. The lowest BCUT2D eigenvalue weighted by Crippen LogP contribution is -2.48. The summed E-state index contributed by atoms with van der Waals surface area (Å²) in [4.78, 5) is 21.3. The first-order chi connectivity index (χ1) is 12.7. The molecule has 146 valence electrons. The van der Waals surface area contributed by atoms with Crippen LogP contribution in [0.5, 0.6) is 0 Å². The quantitative estimate of drug-likeness (QED) is 0.785. The molecule has 1 aliphatic rings. The van der Waals surface area contributed by atoms with Crippen molar-refractivity contribution in [3.63, 3.8) is 0 Å². The van der Waals surface area contributed by atoms with Gasteiger partial charge in [-0.05, 0) is 25.1 Å². The minimum absolute atomic E-state index is 0.121. The topological polar surface area (TPSA) is 49.6 Å². The normalized spacial score (nSPS) is 15.3. The summed E-state index contributed by atoms with van der Waals surface area (Å²) in [6.07, 6.45) is 1.05. The molecule has 1 fully saturated rings. The molecule has 1 saturated heterocycles. The van der Waals surface area contributed by atoms with Crippen molar-refractivity contribution in [3.8, 4) is 0 Å². The monoisotopic (exact) mass is 389 g/mol. The highest BCUT2D eigenvalue weighted by atomic mass is 35.5. The summed E-state index contributed by atoms with van der Waals surface area (Å²) in [7, 11) is 0. The zero-order chi connectivity index (χ0) is 19.6. The molecule has 3 rings (SSSR count). The summed E-state index contributed by atoms with van der Waals surface area (Å²) in [5.41, 5.74) is 1.88. The van der Waals surface area contributed by atoms with Gasteiger partial charge in [-0.3, -0.25) is 4.79 Å². The van der Waals surface area contributed by atoms with E-state index in [0.717, 1.165) is 54.2 Å². The van der Waals surface area contributed by atoms with Crippen LogP contribution in [-0.2, 0) is 16.6 Å². The molecule has 0 atom stereocenters. The molecule has 6 heteroatoms. The average molecular weight is 390 g/mol. The Labute approximate surface area is 166 Å². The molecule has 0 radical (unpaired) electrons. The molecule has 1 aliphatic heterocycles. The molecule has 1 amide bonds. The summed E-state index contributed by atoms with van der Waals surface area (Å²) >= 11 is 6.08. The van der Waals surface area contributed by atoms with Crippen molar-refractivity contribution in [3.05, 3.63) is 46.6 Å². The zero-order valence-electron chi connectivity index (χ0n) is 16.6. The van der Waals surface area contributed by atoms with Crippen LogP contribution in [-0.4, -0.2) is 42.0 Å². The number of carbonyl (C=O) groups is 1. The maximum atomic E-state index is 12.6. The molecule has 2 heterocycles. The van der Waals surface area contributed by atoms with Gasteiger partial charge in [0.15, 0.2) is 5.89 Å². The number of halogens is 1. The van der Waals surface area contributed by atoms with E-state index < -0.39 is 0 Å². The van der Waals surface area contributed by atoms with Crippen molar-refractivity contribution >= 4 is 23.2 Å². The van der Waals surface area contributed by atoms with Crippen LogP contribution in [0.15, 0.2) is 28.7 Å². The van der Waals surface area contributed by atoms with Gasteiger partial charge < -0.3 is 14.2 Å². The van der Waals surface area contributed by atoms with E-state index in [1.165, 1.54) is 0 Å². The van der Waals surface area contributed by atoms with Gasteiger partial charge in [0.05, 0.1) is 5.69 Å². The Hall–Kier alpha value is -2.01. The highest BCUT2D eigenvalue weighted by Crippen LogP contribution is 2.25. The molecular weight excluding hydrogens is 362 g/mol. The van der Waals surface area contributed by atoms with E-state index in [2.05, 4.69) is 36.7 Å². The van der Waals surface area contributed by atoms with Crippen molar-refractivity contribution < 1.29 is 9.21 Å². The number of carbonyl (C=O) groups excluding carboxylic acids is 1. The highest BCUT2D eigenvalue weighted by Gasteiger charge is 2.24. The van der Waals surface area contributed by atoms with Crippen LogP contribution in [0.25, 0.3) is 0 Å². The Bertz CT molecular complexity index is 802. The third-order valence-electron chi connectivity index (χ3n) is 4.91. The lowest BCUT2D eigenvalue weighted by atomic mass is 9.97. The third kappa shape index (κ3) is 4.83. The lowest BCUT2D eigenvalue weighted by Gasteiger charge is -2.36. The first-order valence-corrected chi connectivity index (χ1v) is 9.87. The van der Waals surface area contributed by atoms with Crippen LogP contribution >= 0.6 is 11.6 Å². The summed E-state index contributed by atoms with van der Waals surface area (Å²) < 4.78 is 5.90. The molecule has 0 N–H and O–H groups in total. The molecule has 0 saturated carbocycles. The molecule has 5 nitrogen and oxygen atoms in total. The minimum Gasteiger partial charge on any atom is -0.445 e. The van der Waals surface area contributed by atoms with Crippen LogP contribution in [0.1, 0.15) is 44.5 Å². The predicted molar refractivity (Wildman–Crippen MR) is 109 cm³/mol. The number of rotatable bonds is 4. The van der Waals surface area contributed by atoms with Gasteiger partial charge in [-0.25, -0.2) is 4.98 Å². The van der Waals surface area contributed by atoms with E-state index in [1.54, 1.807) is 0 Å². The predicted octanol–water partition coefficient (Wildman–Crippen LogP) is 4.22. The Morgan fingerprint density at radius 2 is 1.93 bits per heavy atom. The largest absolute Gasteiger partial charge is 0.445 e. The number of amides is 1. The molecule has 0 unspecified atom stereocenters. The number of piperazine rings is 1. The van der Waals surface area contributed by atoms with Gasteiger partial charge in [0.25, 0.3) is 0 Å². The van der Waals surface area contributed by atoms with E-state index in [4.69, 9.17) is 16.0 Å². The van der Waals surface area contributed by atoms with E-state index in [1.807, 2.05) is 30.0 Å². The number of hydrogen-bond acceptors (Lipinski definition) is 4. The van der Waals surface area contributed by atoms with Crippen LogP contribution in [0.2, 0.25) is 5.02 Å². The number of benzene rings is 1. The highest BCUT2D eigenvalue weighted by molar-refractivity contribution is 6.30. The van der Waals surface area contributed by atoms with Gasteiger partial charge in [-0.2, -0.15) is 0 Å². The number of nitrogens with zero attached hydrogens (tertiary/aromatic N) is 3. The van der Waals surface area contributed by atoms with Crippen molar-refractivity contribution in [2.24, 2.45) is 0 Å². The van der Waals surface area contributed by atoms with Crippen LogP contribution in [0, 0.1) is 6.92 Å². The van der Waals surface area contributed by atoms with Gasteiger partial charge in [-0.1, -0.05) is 38.4 Å². The Kier molecular flexibility index (Phi) is 5.80. The molecular formula is C21H28ClN3O2. The van der Waals surface area contributed by atoms with Gasteiger partial charge in [-0.15, -0.1) is 0 Å². The molecule has 0 spiro atoms. The number of aryl methyl sites for hydroxylation is 2. The van der Waals surface area contributed by atoms with Crippen LogP contribution in [0.4, 0.5) is 5.69 Å². The van der Waals surface area contributed by atoms with Gasteiger partial charge in [0.1, 0.15) is 5.76 Å². The second-order valence-electron chi connectivity index (χ2n) is 8.13. The summed E-state index contributed by atoms with van der Waals surface area (Å²) in [5.74, 6) is 1.73. The molecule has 27 heavy (non-hydrogen) atoms. The number of anilines is 1.